The van der Waals surface area contributed by atoms with Gasteiger partial charge in [-0.2, -0.15) is 5.26 Å². The molecule has 0 amide bonds. The van der Waals surface area contributed by atoms with E-state index < -0.39 is 5.97 Å². The number of fused-ring (bicyclic) bond motifs is 1. The van der Waals surface area contributed by atoms with E-state index in [0.29, 0.717) is 6.61 Å². The largest absolute Gasteiger partial charge is 0.493 e. The van der Waals surface area contributed by atoms with Gasteiger partial charge in [-0.25, -0.2) is 4.79 Å². The summed E-state index contributed by atoms with van der Waals surface area (Å²) in [6.07, 6.45) is 2.29. The topological polar surface area (TPSA) is 90.3 Å². The Labute approximate surface area is 121 Å². The quantitative estimate of drug-likeness (QED) is 0.846. The number of methoxy groups -OCH3 is 1. The van der Waals surface area contributed by atoms with Gasteiger partial charge in [-0.15, -0.1) is 0 Å². The van der Waals surface area contributed by atoms with Gasteiger partial charge in [0.15, 0.2) is 5.69 Å². The Morgan fingerprint density at radius 1 is 1.52 bits per heavy atom. The Bertz CT molecular complexity index is 771. The average Bonchev–Trinajstić information content (AvgIpc) is 3.10. The van der Waals surface area contributed by atoms with Crippen molar-refractivity contribution in [3.8, 4) is 17.5 Å². The van der Waals surface area contributed by atoms with E-state index in [1.807, 2.05) is 24.3 Å². The minimum atomic E-state index is -0.578. The minimum Gasteiger partial charge on any atom is -0.493 e. The van der Waals surface area contributed by atoms with E-state index in [9.17, 15) is 4.79 Å². The van der Waals surface area contributed by atoms with Gasteiger partial charge in [0.2, 0.25) is 0 Å². The normalized spacial score (nSPS) is 12.4. The fourth-order valence-corrected chi connectivity index (χ4v) is 2.53. The van der Waals surface area contributed by atoms with Crippen molar-refractivity contribution in [1.82, 2.24) is 4.57 Å². The second-order valence-corrected chi connectivity index (χ2v) is 4.63. The summed E-state index contributed by atoms with van der Waals surface area (Å²) >= 11 is 0. The number of nitrogens with two attached hydrogens (primary N) is 1. The van der Waals surface area contributed by atoms with Crippen molar-refractivity contribution in [3.63, 3.8) is 0 Å². The van der Waals surface area contributed by atoms with Crippen LogP contribution in [0.3, 0.4) is 0 Å². The highest BCUT2D eigenvalue weighted by Crippen LogP contribution is 2.33. The number of nitriles is 1. The lowest BCUT2D eigenvalue weighted by Gasteiger charge is -2.11. The van der Waals surface area contributed by atoms with Crippen LogP contribution in [-0.2, 0) is 11.2 Å². The summed E-state index contributed by atoms with van der Waals surface area (Å²) in [6, 6.07) is 7.56. The molecule has 1 aliphatic rings. The molecule has 3 rings (SSSR count). The molecule has 21 heavy (non-hydrogen) atoms. The smallest absolute Gasteiger partial charge is 0.357 e. The first kappa shape index (κ1) is 13.1. The number of nitrogens with zero attached hydrogens (tertiary/aromatic N) is 2. The number of rotatable bonds is 2. The molecule has 2 N–H and O–H groups in total. The maximum absolute atomic E-state index is 12.0. The first-order valence-corrected chi connectivity index (χ1v) is 6.41. The van der Waals surface area contributed by atoms with Crippen LogP contribution in [0.25, 0.3) is 5.69 Å². The number of carbonyl (C=O) groups is 1. The zero-order chi connectivity index (χ0) is 15.0. The lowest BCUT2D eigenvalue weighted by molar-refractivity contribution is 0.0593. The van der Waals surface area contributed by atoms with Gasteiger partial charge in [0, 0.05) is 18.2 Å². The maximum atomic E-state index is 12.0. The summed E-state index contributed by atoms with van der Waals surface area (Å²) in [5.74, 6) is 0.208. The Kier molecular flexibility index (Phi) is 3.03. The van der Waals surface area contributed by atoms with E-state index in [1.54, 1.807) is 10.8 Å². The number of esters is 1. The number of nitrogen functional groups attached to an aromatic ring is 1. The number of benzene rings is 1. The standard InChI is InChI=1S/C15H13N3O3/c1-20-15(19)14-13(17)9(7-16)8-18(14)11-3-2-4-12-10(11)5-6-21-12/h2-4,8H,5-6,17H2,1H3. The molecule has 0 saturated heterocycles. The average molecular weight is 283 g/mol. The highest BCUT2D eigenvalue weighted by molar-refractivity contribution is 5.96. The van der Waals surface area contributed by atoms with E-state index in [0.717, 1.165) is 23.4 Å². The monoisotopic (exact) mass is 283 g/mol. The number of hydrogen-bond donors (Lipinski definition) is 1. The Morgan fingerprint density at radius 3 is 3.05 bits per heavy atom. The maximum Gasteiger partial charge on any atom is 0.357 e. The number of anilines is 1. The molecular formula is C15H13N3O3. The molecule has 1 aromatic carbocycles. The predicted octanol–water partition coefficient (Wildman–Crippen LogP) is 1.65. The summed E-state index contributed by atoms with van der Waals surface area (Å²) in [4.78, 5) is 12.0. The Hall–Kier alpha value is -2.94. The van der Waals surface area contributed by atoms with Gasteiger partial charge < -0.3 is 19.8 Å². The highest BCUT2D eigenvalue weighted by atomic mass is 16.5. The van der Waals surface area contributed by atoms with Gasteiger partial charge in [-0.3, -0.25) is 0 Å². The molecular weight excluding hydrogens is 270 g/mol. The first-order valence-electron chi connectivity index (χ1n) is 6.41. The van der Waals surface area contributed by atoms with E-state index in [4.69, 9.17) is 20.5 Å². The molecule has 0 atom stereocenters. The molecule has 0 radical (unpaired) electrons. The van der Waals surface area contributed by atoms with E-state index in [1.165, 1.54) is 7.11 Å². The lowest BCUT2D eigenvalue weighted by atomic mass is 10.1. The van der Waals surface area contributed by atoms with Gasteiger partial charge >= 0.3 is 5.97 Å². The summed E-state index contributed by atoms with van der Waals surface area (Å²) in [7, 11) is 1.28. The molecule has 0 aliphatic carbocycles. The Morgan fingerprint density at radius 2 is 2.33 bits per heavy atom. The van der Waals surface area contributed by atoms with Crippen LogP contribution >= 0.6 is 0 Å². The van der Waals surface area contributed by atoms with Gasteiger partial charge in [0.25, 0.3) is 0 Å². The number of aromatic nitrogens is 1. The molecule has 0 fully saturated rings. The Balaban J connectivity index is 2.27. The van der Waals surface area contributed by atoms with Crippen molar-refractivity contribution in [2.45, 2.75) is 6.42 Å². The lowest BCUT2D eigenvalue weighted by Crippen LogP contribution is -2.12. The zero-order valence-electron chi connectivity index (χ0n) is 11.4. The van der Waals surface area contributed by atoms with Gasteiger partial charge in [0.1, 0.15) is 11.8 Å². The van der Waals surface area contributed by atoms with Crippen LogP contribution in [0.1, 0.15) is 21.6 Å². The van der Waals surface area contributed by atoms with Crippen LogP contribution in [0.2, 0.25) is 0 Å². The van der Waals surface area contributed by atoms with E-state index in [-0.39, 0.29) is 16.9 Å². The van der Waals surface area contributed by atoms with Crippen molar-refractivity contribution >= 4 is 11.7 Å². The number of ether oxygens (including phenoxy) is 2. The highest BCUT2D eigenvalue weighted by Gasteiger charge is 2.25. The van der Waals surface area contributed by atoms with Gasteiger partial charge in [-0.1, -0.05) is 6.07 Å². The summed E-state index contributed by atoms with van der Waals surface area (Å²) < 4.78 is 11.9. The molecule has 2 heterocycles. The first-order chi connectivity index (χ1) is 10.2. The molecule has 6 heteroatoms. The summed E-state index contributed by atoms with van der Waals surface area (Å²) in [5.41, 5.74) is 8.19. The van der Waals surface area contributed by atoms with E-state index >= 15 is 0 Å². The zero-order valence-corrected chi connectivity index (χ0v) is 11.4. The number of hydrogen-bond acceptors (Lipinski definition) is 5. The SMILES string of the molecule is COC(=O)c1c(N)c(C#N)cn1-c1cccc2c1CCO2. The van der Waals surface area contributed by atoms with Crippen LogP contribution in [0, 0.1) is 11.3 Å². The van der Waals surface area contributed by atoms with Crippen LogP contribution in [0.5, 0.6) is 5.75 Å². The minimum absolute atomic E-state index is 0.126. The van der Waals surface area contributed by atoms with Gasteiger partial charge in [0.05, 0.1) is 30.7 Å². The van der Waals surface area contributed by atoms with Crippen molar-refractivity contribution in [1.29, 1.82) is 5.26 Å². The molecule has 2 aromatic rings. The van der Waals surface area contributed by atoms with Crippen molar-refractivity contribution in [3.05, 3.63) is 41.2 Å². The number of carbonyl (C=O) groups excluding carboxylic acids is 1. The third-order valence-corrected chi connectivity index (χ3v) is 3.52. The van der Waals surface area contributed by atoms with Crippen LogP contribution in [-0.4, -0.2) is 24.3 Å². The molecule has 0 bridgehead atoms. The van der Waals surface area contributed by atoms with Crippen molar-refractivity contribution in [2.24, 2.45) is 0 Å². The molecule has 6 nitrogen and oxygen atoms in total. The third kappa shape index (κ3) is 1.91. The molecule has 1 aromatic heterocycles. The second-order valence-electron chi connectivity index (χ2n) is 4.63. The van der Waals surface area contributed by atoms with Crippen LogP contribution in [0.15, 0.2) is 24.4 Å². The predicted molar refractivity (Wildman–Crippen MR) is 75.4 cm³/mol. The summed E-state index contributed by atoms with van der Waals surface area (Å²) in [5, 5.41) is 9.13. The van der Waals surface area contributed by atoms with Crippen molar-refractivity contribution in [2.75, 3.05) is 19.5 Å². The molecule has 1 aliphatic heterocycles. The fourth-order valence-electron chi connectivity index (χ4n) is 2.53. The molecule has 0 spiro atoms. The van der Waals surface area contributed by atoms with Crippen LogP contribution in [0.4, 0.5) is 5.69 Å². The second kappa shape index (κ2) is 4.87. The molecule has 0 saturated carbocycles. The summed E-state index contributed by atoms with van der Waals surface area (Å²) in [6.45, 7) is 0.599. The molecule has 106 valence electrons. The van der Waals surface area contributed by atoms with E-state index in [2.05, 4.69) is 0 Å². The van der Waals surface area contributed by atoms with Crippen molar-refractivity contribution < 1.29 is 14.3 Å². The third-order valence-electron chi connectivity index (χ3n) is 3.52. The fraction of sp³-hybridized carbons (Fsp3) is 0.200. The van der Waals surface area contributed by atoms with Gasteiger partial charge in [-0.05, 0) is 12.1 Å². The molecule has 0 unspecified atom stereocenters. The van der Waals surface area contributed by atoms with Crippen LogP contribution < -0.4 is 10.5 Å².